The molecule has 1 heterocycles. The van der Waals surface area contributed by atoms with Gasteiger partial charge in [0.1, 0.15) is 23.3 Å². The summed E-state index contributed by atoms with van der Waals surface area (Å²) in [4.78, 5) is 13.3. The summed E-state index contributed by atoms with van der Waals surface area (Å²) in [5.41, 5.74) is -0.206. The lowest BCUT2D eigenvalue weighted by Crippen LogP contribution is -2.17. The first-order valence-corrected chi connectivity index (χ1v) is 14.3. The normalized spacial score (nSPS) is 11.9. The number of halogens is 3. The van der Waals surface area contributed by atoms with Crippen LogP contribution in [0.1, 0.15) is 78.5 Å². The Balaban J connectivity index is 1.63. The second-order valence-electron chi connectivity index (χ2n) is 10.1. The minimum Gasteiger partial charge on any atom is -0.494 e. The maximum atomic E-state index is 13.6. The molecule has 1 unspecified atom stereocenters. The van der Waals surface area contributed by atoms with Crippen LogP contribution in [0, 0.1) is 11.3 Å². The number of amides is 1. The maximum Gasteiger partial charge on any atom is 0.435 e. The third kappa shape index (κ3) is 7.96. The number of alkyl halides is 3. The molecule has 0 aliphatic heterocycles. The largest absolute Gasteiger partial charge is 0.494 e. The molecule has 11 heteroatoms. The molecule has 0 fully saturated rings. The Morgan fingerprint density at radius 3 is 2.43 bits per heavy atom. The molecular weight excluding hydrogens is 573 g/mol. The van der Waals surface area contributed by atoms with Crippen molar-refractivity contribution in [3.8, 4) is 23.3 Å². The minimum absolute atomic E-state index is 0.116. The first-order chi connectivity index (χ1) is 21.1. The lowest BCUT2D eigenvalue weighted by molar-refractivity contribution is -0.141. The number of nitriles is 1. The molecule has 230 valence electrons. The Kier molecular flexibility index (Phi) is 10.6. The van der Waals surface area contributed by atoms with Crippen molar-refractivity contribution in [2.45, 2.75) is 51.8 Å². The summed E-state index contributed by atoms with van der Waals surface area (Å²) in [6.45, 7) is 5.10. The van der Waals surface area contributed by atoms with Gasteiger partial charge in [-0.3, -0.25) is 4.79 Å². The summed E-state index contributed by atoms with van der Waals surface area (Å²) in [5, 5.41) is 26.9. The first kappa shape index (κ1) is 32.1. The number of anilines is 1. The second-order valence-corrected chi connectivity index (χ2v) is 10.1. The highest BCUT2D eigenvalue weighted by Gasteiger charge is 2.36. The molecule has 0 aliphatic rings. The average molecular weight is 607 g/mol. The van der Waals surface area contributed by atoms with Gasteiger partial charge in [-0.1, -0.05) is 44.9 Å². The van der Waals surface area contributed by atoms with E-state index in [0.29, 0.717) is 41.9 Å². The van der Waals surface area contributed by atoms with Crippen molar-refractivity contribution < 1.29 is 32.5 Å². The highest BCUT2D eigenvalue weighted by molar-refractivity contribution is 6.03. The van der Waals surface area contributed by atoms with E-state index < -0.39 is 23.9 Å². The van der Waals surface area contributed by atoms with Gasteiger partial charge >= 0.3 is 6.18 Å². The molecule has 0 saturated heterocycles. The summed E-state index contributed by atoms with van der Waals surface area (Å²) in [5.74, 6) is 0.206. The third-order valence-electron chi connectivity index (χ3n) is 6.71. The zero-order chi connectivity index (χ0) is 31.7. The standard InChI is InChI=1S/C33H33F3N4O4/c1-3-5-15-43-26-13-14-29(44-16-6-4-2)27(19-26)31(41)23-10-8-11-24(18-23)38-32(42)28-20-30(33(34,35)36)39-40(28)25-12-7-9-22(17-25)21-37/h7-14,17-20,31,41H,3-6,15-16H2,1-2H3,(H,38,42). The van der Waals surface area contributed by atoms with Crippen LogP contribution < -0.4 is 14.8 Å². The van der Waals surface area contributed by atoms with E-state index in [-0.39, 0.29) is 22.6 Å². The summed E-state index contributed by atoms with van der Waals surface area (Å²) in [6, 6.07) is 20.0. The number of hydrogen-bond acceptors (Lipinski definition) is 6. The number of ether oxygens (including phenoxy) is 2. The van der Waals surface area contributed by atoms with E-state index in [9.17, 15) is 28.3 Å². The van der Waals surface area contributed by atoms with E-state index in [4.69, 9.17) is 9.47 Å². The van der Waals surface area contributed by atoms with Crippen LogP contribution in [0.3, 0.4) is 0 Å². The highest BCUT2D eigenvalue weighted by atomic mass is 19.4. The number of aliphatic hydroxyl groups is 1. The number of aliphatic hydroxyl groups excluding tert-OH is 1. The molecular formula is C33H33F3N4O4. The number of benzene rings is 3. The number of unbranched alkanes of at least 4 members (excludes halogenated alkanes) is 2. The lowest BCUT2D eigenvalue weighted by Gasteiger charge is -2.19. The van der Waals surface area contributed by atoms with E-state index in [1.165, 1.54) is 30.3 Å². The van der Waals surface area contributed by atoms with E-state index in [1.807, 2.05) is 13.0 Å². The van der Waals surface area contributed by atoms with Gasteiger partial charge in [-0.05, 0) is 66.9 Å². The Hall–Kier alpha value is -4.82. The average Bonchev–Trinajstić information content (AvgIpc) is 3.49. The molecule has 0 saturated carbocycles. The van der Waals surface area contributed by atoms with Gasteiger partial charge in [-0.25, -0.2) is 4.68 Å². The first-order valence-electron chi connectivity index (χ1n) is 14.3. The fraction of sp³-hybridized carbons (Fsp3) is 0.303. The van der Waals surface area contributed by atoms with Gasteiger partial charge in [-0.2, -0.15) is 23.5 Å². The SMILES string of the molecule is CCCCOc1ccc(OCCCC)c(C(O)c2cccc(NC(=O)c3cc(C(F)(F)F)nn3-c3cccc(C#N)c3)c2)c1. The molecule has 1 atom stereocenters. The summed E-state index contributed by atoms with van der Waals surface area (Å²) >= 11 is 0. The quantitative estimate of drug-likeness (QED) is 0.153. The monoisotopic (exact) mass is 606 g/mol. The van der Waals surface area contributed by atoms with Crippen molar-refractivity contribution in [2.24, 2.45) is 0 Å². The summed E-state index contributed by atoms with van der Waals surface area (Å²) < 4.78 is 53.4. The van der Waals surface area contributed by atoms with E-state index >= 15 is 0 Å². The molecule has 4 aromatic rings. The van der Waals surface area contributed by atoms with Crippen LogP contribution in [-0.4, -0.2) is 34.0 Å². The van der Waals surface area contributed by atoms with Gasteiger partial charge in [0.15, 0.2) is 5.69 Å². The zero-order valence-electron chi connectivity index (χ0n) is 24.4. The van der Waals surface area contributed by atoms with Crippen molar-refractivity contribution in [2.75, 3.05) is 18.5 Å². The van der Waals surface area contributed by atoms with E-state index in [1.54, 1.807) is 36.4 Å². The third-order valence-corrected chi connectivity index (χ3v) is 6.71. The van der Waals surface area contributed by atoms with Gasteiger partial charge in [0, 0.05) is 17.3 Å². The number of nitrogens with one attached hydrogen (secondary N) is 1. The smallest absolute Gasteiger partial charge is 0.435 e. The maximum absolute atomic E-state index is 13.6. The molecule has 0 bridgehead atoms. The van der Waals surface area contributed by atoms with Crippen LogP contribution in [-0.2, 0) is 6.18 Å². The van der Waals surface area contributed by atoms with Crippen LogP contribution in [0.2, 0.25) is 0 Å². The fourth-order valence-electron chi connectivity index (χ4n) is 4.37. The van der Waals surface area contributed by atoms with Crippen molar-refractivity contribution in [3.63, 3.8) is 0 Å². The van der Waals surface area contributed by atoms with Crippen LogP contribution in [0.4, 0.5) is 18.9 Å². The van der Waals surface area contributed by atoms with Crippen molar-refractivity contribution in [1.82, 2.24) is 9.78 Å². The molecule has 8 nitrogen and oxygen atoms in total. The topological polar surface area (TPSA) is 109 Å². The summed E-state index contributed by atoms with van der Waals surface area (Å²) in [7, 11) is 0. The number of nitrogens with zero attached hydrogens (tertiary/aromatic N) is 3. The Bertz CT molecular complexity index is 1630. The molecule has 0 aliphatic carbocycles. The van der Waals surface area contributed by atoms with Crippen molar-refractivity contribution in [3.05, 3.63) is 101 Å². The predicted octanol–water partition coefficient (Wildman–Crippen LogP) is 7.45. The number of hydrogen-bond donors (Lipinski definition) is 2. The predicted molar refractivity (Wildman–Crippen MR) is 159 cm³/mol. The molecule has 0 spiro atoms. The van der Waals surface area contributed by atoms with Crippen molar-refractivity contribution >= 4 is 11.6 Å². The minimum atomic E-state index is -4.80. The van der Waals surface area contributed by atoms with Crippen LogP contribution in [0.5, 0.6) is 11.5 Å². The number of carbonyl (C=O) groups is 1. The Morgan fingerprint density at radius 2 is 1.73 bits per heavy atom. The zero-order valence-corrected chi connectivity index (χ0v) is 24.4. The van der Waals surface area contributed by atoms with E-state index in [2.05, 4.69) is 17.3 Å². The number of aromatic nitrogens is 2. The molecule has 44 heavy (non-hydrogen) atoms. The van der Waals surface area contributed by atoms with Gasteiger partial charge in [0.2, 0.25) is 0 Å². The molecule has 0 radical (unpaired) electrons. The molecule has 2 N–H and O–H groups in total. The van der Waals surface area contributed by atoms with Crippen molar-refractivity contribution in [1.29, 1.82) is 5.26 Å². The van der Waals surface area contributed by atoms with E-state index in [0.717, 1.165) is 30.4 Å². The highest BCUT2D eigenvalue weighted by Crippen LogP contribution is 2.35. The van der Waals surface area contributed by atoms with Crippen LogP contribution in [0.25, 0.3) is 5.69 Å². The molecule has 1 aromatic heterocycles. The molecule has 1 amide bonds. The Morgan fingerprint density at radius 1 is 1.00 bits per heavy atom. The Labute approximate surface area is 253 Å². The fourth-order valence-corrected chi connectivity index (χ4v) is 4.37. The van der Waals surface area contributed by atoms with Crippen LogP contribution in [0.15, 0.2) is 72.8 Å². The number of rotatable bonds is 13. The molecule has 3 aromatic carbocycles. The summed E-state index contributed by atoms with van der Waals surface area (Å²) in [6.07, 6.45) is -2.35. The van der Waals surface area contributed by atoms with Gasteiger partial charge in [0.25, 0.3) is 5.91 Å². The van der Waals surface area contributed by atoms with Crippen LogP contribution >= 0.6 is 0 Å². The second kappa shape index (κ2) is 14.6. The number of carbonyl (C=O) groups excluding carboxylic acids is 1. The molecule has 4 rings (SSSR count). The van der Waals surface area contributed by atoms with Gasteiger partial charge in [0.05, 0.1) is 30.5 Å². The van der Waals surface area contributed by atoms with Gasteiger partial charge in [-0.15, -0.1) is 0 Å². The lowest BCUT2D eigenvalue weighted by atomic mass is 9.99. The van der Waals surface area contributed by atoms with Gasteiger partial charge < -0.3 is 19.9 Å².